The first kappa shape index (κ1) is 23.1. The molecule has 0 aromatic rings. The molecule has 2 fully saturated rings. The van der Waals surface area contributed by atoms with E-state index in [2.05, 4.69) is 5.32 Å². The van der Waals surface area contributed by atoms with E-state index in [9.17, 15) is 30.0 Å². The fourth-order valence-electron chi connectivity index (χ4n) is 4.10. The fourth-order valence-corrected chi connectivity index (χ4v) is 4.10. The van der Waals surface area contributed by atoms with Crippen LogP contribution in [0.5, 0.6) is 0 Å². The molecule has 1 aliphatic heterocycles. The molecule has 0 aromatic carbocycles. The minimum Gasteiger partial charge on any atom is -0.394 e. The molecule has 0 bridgehead atoms. The fraction of sp³-hybridized carbons (Fsp3) is 0.889. The summed E-state index contributed by atoms with van der Waals surface area (Å²) in [6, 6.07) is -0.754. The lowest BCUT2D eigenvalue weighted by molar-refractivity contribution is -0.245. The van der Waals surface area contributed by atoms with Gasteiger partial charge in [-0.1, -0.05) is 0 Å². The maximum atomic E-state index is 12.0. The molecule has 1 amide bonds. The molecule has 5 N–H and O–H groups in total. The number of Topliss-reactive ketones (excluding diaryl/α,β-unsaturated/α-hetero) is 1. The average molecular weight is 405 g/mol. The monoisotopic (exact) mass is 405 g/mol. The zero-order chi connectivity index (χ0) is 21.2. The molecule has 2 aliphatic rings. The second-order valence-electron chi connectivity index (χ2n) is 7.55. The van der Waals surface area contributed by atoms with Gasteiger partial charge >= 0.3 is 0 Å². The summed E-state index contributed by atoms with van der Waals surface area (Å²) in [5, 5.41) is 43.6. The molecule has 0 spiro atoms. The highest BCUT2D eigenvalue weighted by Crippen LogP contribution is 2.33. The van der Waals surface area contributed by atoms with Crippen LogP contribution in [0.15, 0.2) is 0 Å². The maximum absolute atomic E-state index is 12.0. The lowest BCUT2D eigenvalue weighted by Gasteiger charge is -2.47. The lowest BCUT2D eigenvalue weighted by atomic mass is 9.78. The molecule has 2 rings (SSSR count). The van der Waals surface area contributed by atoms with E-state index in [1.165, 1.54) is 21.0 Å². The van der Waals surface area contributed by atoms with E-state index < -0.39 is 67.4 Å². The Morgan fingerprint density at radius 2 is 1.75 bits per heavy atom. The van der Waals surface area contributed by atoms with Crippen molar-refractivity contribution in [3.8, 4) is 0 Å². The van der Waals surface area contributed by atoms with Gasteiger partial charge in [0.1, 0.15) is 36.3 Å². The molecule has 10 nitrogen and oxygen atoms in total. The zero-order valence-corrected chi connectivity index (χ0v) is 16.5. The standard InChI is InChI=1S/C18H31NO9/c1-7(21)10-5-11(14(23)16(25)17(10)26-4)28-18-13(19-9(3)22)8(2)27-12(6-20)15(18)24/h8,10-18,20,23-25H,5-6H2,1-4H3,(H,19,22)/t8-,10-,11+,12?,13?,14?,15+,16?,17+,18+/m0/s1. The van der Waals surface area contributed by atoms with Crippen LogP contribution in [0.2, 0.25) is 0 Å². The van der Waals surface area contributed by atoms with Crippen molar-refractivity contribution in [3.63, 3.8) is 0 Å². The molecular weight excluding hydrogens is 374 g/mol. The molecule has 1 saturated carbocycles. The number of rotatable bonds is 6. The van der Waals surface area contributed by atoms with Crippen LogP contribution >= 0.6 is 0 Å². The number of carbonyl (C=O) groups excluding carboxylic acids is 2. The van der Waals surface area contributed by atoms with Gasteiger partial charge in [-0.3, -0.25) is 9.59 Å². The van der Waals surface area contributed by atoms with Gasteiger partial charge < -0.3 is 40.0 Å². The first-order chi connectivity index (χ1) is 13.1. The van der Waals surface area contributed by atoms with Crippen molar-refractivity contribution >= 4 is 11.7 Å². The Hall–Kier alpha value is -1.14. The number of aliphatic hydroxyl groups is 4. The second-order valence-corrected chi connectivity index (χ2v) is 7.55. The molecule has 0 aromatic heterocycles. The number of carbonyl (C=O) groups is 2. The Labute approximate surface area is 163 Å². The van der Waals surface area contributed by atoms with Crippen LogP contribution in [-0.4, -0.2) is 101 Å². The molecule has 28 heavy (non-hydrogen) atoms. The number of amides is 1. The minimum atomic E-state index is -1.36. The Morgan fingerprint density at radius 1 is 1.11 bits per heavy atom. The molecule has 1 saturated heterocycles. The number of ether oxygens (including phenoxy) is 3. The number of ketones is 1. The van der Waals surface area contributed by atoms with Crippen molar-refractivity contribution in [2.24, 2.45) is 5.92 Å². The molecule has 1 aliphatic carbocycles. The molecule has 1 heterocycles. The van der Waals surface area contributed by atoms with Crippen molar-refractivity contribution in [1.29, 1.82) is 0 Å². The van der Waals surface area contributed by atoms with Gasteiger partial charge in [0.25, 0.3) is 0 Å². The number of hydrogen-bond donors (Lipinski definition) is 5. The largest absolute Gasteiger partial charge is 0.394 e. The van der Waals surface area contributed by atoms with Gasteiger partial charge in [-0.15, -0.1) is 0 Å². The number of nitrogens with one attached hydrogen (secondary N) is 1. The van der Waals surface area contributed by atoms with E-state index in [4.69, 9.17) is 14.2 Å². The number of methoxy groups -OCH3 is 1. The van der Waals surface area contributed by atoms with Gasteiger partial charge in [-0.05, 0) is 20.3 Å². The summed E-state index contributed by atoms with van der Waals surface area (Å²) in [6.07, 6.45) is -8.36. The van der Waals surface area contributed by atoms with Crippen LogP contribution in [0.1, 0.15) is 27.2 Å². The van der Waals surface area contributed by atoms with Gasteiger partial charge in [-0.25, -0.2) is 0 Å². The summed E-state index contributed by atoms with van der Waals surface area (Å²) in [6.45, 7) is 3.88. The highest BCUT2D eigenvalue weighted by molar-refractivity contribution is 5.79. The van der Waals surface area contributed by atoms with Crippen LogP contribution in [0.25, 0.3) is 0 Å². The van der Waals surface area contributed by atoms with Crippen molar-refractivity contribution < 1.29 is 44.2 Å². The first-order valence-corrected chi connectivity index (χ1v) is 9.38. The minimum absolute atomic E-state index is 0.0705. The summed E-state index contributed by atoms with van der Waals surface area (Å²) in [5.41, 5.74) is 0. The summed E-state index contributed by atoms with van der Waals surface area (Å²) in [5.74, 6) is -1.29. The summed E-state index contributed by atoms with van der Waals surface area (Å²) >= 11 is 0. The molecular formula is C18H31NO9. The topological polar surface area (TPSA) is 155 Å². The van der Waals surface area contributed by atoms with E-state index in [0.29, 0.717) is 0 Å². The van der Waals surface area contributed by atoms with Gasteiger partial charge in [0.05, 0.1) is 31.0 Å². The van der Waals surface area contributed by atoms with E-state index in [-0.39, 0.29) is 18.1 Å². The van der Waals surface area contributed by atoms with Crippen molar-refractivity contribution in [2.45, 2.75) is 82.1 Å². The van der Waals surface area contributed by atoms with E-state index in [1.54, 1.807) is 6.92 Å². The molecule has 10 heteroatoms. The van der Waals surface area contributed by atoms with E-state index >= 15 is 0 Å². The molecule has 0 radical (unpaired) electrons. The number of hydrogen-bond acceptors (Lipinski definition) is 9. The van der Waals surface area contributed by atoms with Gasteiger partial charge in [0.2, 0.25) is 5.91 Å². The highest BCUT2D eigenvalue weighted by atomic mass is 16.6. The third-order valence-electron chi connectivity index (χ3n) is 5.59. The van der Waals surface area contributed by atoms with E-state index in [0.717, 1.165) is 0 Å². The quantitative estimate of drug-likeness (QED) is 0.329. The van der Waals surface area contributed by atoms with Gasteiger partial charge in [-0.2, -0.15) is 0 Å². The first-order valence-electron chi connectivity index (χ1n) is 9.38. The number of aliphatic hydroxyl groups excluding tert-OH is 4. The van der Waals surface area contributed by atoms with Crippen molar-refractivity contribution in [1.82, 2.24) is 5.32 Å². The normalized spacial score (nSPS) is 44.1. The van der Waals surface area contributed by atoms with Crippen LogP contribution in [-0.2, 0) is 23.8 Å². The lowest BCUT2D eigenvalue weighted by Crippen LogP contribution is -2.66. The van der Waals surface area contributed by atoms with Crippen LogP contribution in [0.3, 0.4) is 0 Å². The summed E-state index contributed by atoms with van der Waals surface area (Å²) in [4.78, 5) is 23.6. The van der Waals surface area contributed by atoms with Crippen LogP contribution in [0.4, 0.5) is 0 Å². The SMILES string of the molecule is CO[C@H]1C(O)C(O)[C@H](O[C@@H]2C(NC(C)=O)[C@H](C)OC(CO)[C@H]2O)C[C@H]1C(C)=O. The summed E-state index contributed by atoms with van der Waals surface area (Å²) in [7, 11) is 1.35. The highest BCUT2D eigenvalue weighted by Gasteiger charge is 2.50. The third-order valence-corrected chi connectivity index (χ3v) is 5.59. The van der Waals surface area contributed by atoms with Crippen molar-refractivity contribution in [3.05, 3.63) is 0 Å². The Balaban J connectivity index is 2.26. The molecule has 4 unspecified atom stereocenters. The predicted molar refractivity (Wildman–Crippen MR) is 95.3 cm³/mol. The second kappa shape index (κ2) is 9.57. The molecule has 162 valence electrons. The van der Waals surface area contributed by atoms with Gasteiger partial charge in [0, 0.05) is 20.0 Å². The smallest absolute Gasteiger partial charge is 0.217 e. The average Bonchev–Trinajstić information content (AvgIpc) is 2.63. The Bertz CT molecular complexity index is 559. The maximum Gasteiger partial charge on any atom is 0.217 e. The predicted octanol–water partition coefficient (Wildman–Crippen LogP) is -2.27. The Kier molecular flexibility index (Phi) is 7.91. The van der Waals surface area contributed by atoms with Crippen LogP contribution < -0.4 is 5.32 Å². The Morgan fingerprint density at radius 3 is 2.25 bits per heavy atom. The van der Waals surface area contributed by atoms with Crippen molar-refractivity contribution in [2.75, 3.05) is 13.7 Å². The zero-order valence-electron chi connectivity index (χ0n) is 16.5. The molecule has 10 atom stereocenters. The third kappa shape index (κ3) is 4.70. The van der Waals surface area contributed by atoms with Gasteiger partial charge in [0.15, 0.2) is 0 Å². The van der Waals surface area contributed by atoms with E-state index in [1.807, 2.05) is 0 Å². The van der Waals surface area contributed by atoms with Crippen LogP contribution in [0, 0.1) is 5.92 Å². The summed E-state index contributed by atoms with van der Waals surface area (Å²) < 4.78 is 16.7.